The summed E-state index contributed by atoms with van der Waals surface area (Å²) in [6.45, 7) is 2.81. The number of aromatic amines is 1. The second kappa shape index (κ2) is 6.41. The van der Waals surface area contributed by atoms with Crippen molar-refractivity contribution < 1.29 is 4.79 Å². The largest absolute Gasteiger partial charge is 0.348 e. The highest BCUT2D eigenvalue weighted by atomic mass is 16.1. The molecule has 1 fully saturated rings. The van der Waals surface area contributed by atoms with Gasteiger partial charge in [0.1, 0.15) is 11.0 Å². The number of nitrogens with one attached hydrogen (secondary N) is 2. The van der Waals surface area contributed by atoms with Crippen LogP contribution in [-0.2, 0) is 6.54 Å². The molecular weight excluding hydrogens is 302 g/mol. The number of likely N-dealkylation sites (tertiary alicyclic amines) is 1. The highest BCUT2D eigenvalue weighted by molar-refractivity contribution is 5.97. The zero-order valence-electron chi connectivity index (χ0n) is 13.3. The molecule has 122 valence electrons. The highest BCUT2D eigenvalue weighted by Gasteiger charge is 2.24. The zero-order chi connectivity index (χ0) is 16.4. The molecule has 1 aliphatic rings. The fourth-order valence-electron chi connectivity index (χ4n) is 3.19. The molecule has 0 aliphatic carbocycles. The maximum absolute atomic E-state index is 12.4. The summed E-state index contributed by atoms with van der Waals surface area (Å²) in [7, 11) is 0. The van der Waals surface area contributed by atoms with Crippen LogP contribution >= 0.6 is 0 Å². The Morgan fingerprint density at radius 1 is 1.17 bits per heavy atom. The van der Waals surface area contributed by atoms with Crippen LogP contribution < -0.4 is 5.32 Å². The number of hydrogen-bond donors (Lipinski definition) is 2. The third-order valence-corrected chi connectivity index (χ3v) is 4.44. The monoisotopic (exact) mass is 321 g/mol. The Bertz CT molecular complexity index is 845. The van der Waals surface area contributed by atoms with Gasteiger partial charge in [-0.15, -0.1) is 0 Å². The number of carbonyl (C=O) groups is 1. The van der Waals surface area contributed by atoms with Crippen molar-refractivity contribution in [2.75, 3.05) is 13.1 Å². The smallest absolute Gasteiger partial charge is 0.251 e. The van der Waals surface area contributed by atoms with Gasteiger partial charge in [0.2, 0.25) is 0 Å². The van der Waals surface area contributed by atoms with Gasteiger partial charge in [0.05, 0.1) is 0 Å². The molecule has 1 aromatic heterocycles. The van der Waals surface area contributed by atoms with Gasteiger partial charge < -0.3 is 5.32 Å². The van der Waals surface area contributed by atoms with E-state index in [0.29, 0.717) is 11.1 Å². The summed E-state index contributed by atoms with van der Waals surface area (Å²) in [5.74, 6) is -0.0496. The zero-order valence-corrected chi connectivity index (χ0v) is 13.3. The summed E-state index contributed by atoms with van der Waals surface area (Å²) in [5, 5.41) is 13.7. The first-order valence-corrected chi connectivity index (χ1v) is 8.15. The van der Waals surface area contributed by atoms with Crippen molar-refractivity contribution in [1.82, 2.24) is 25.6 Å². The molecule has 6 nitrogen and oxygen atoms in total. The number of aromatic nitrogens is 3. The van der Waals surface area contributed by atoms with Crippen molar-refractivity contribution in [2.24, 2.45) is 0 Å². The molecule has 2 heterocycles. The van der Waals surface area contributed by atoms with Gasteiger partial charge in [-0.2, -0.15) is 15.4 Å². The lowest BCUT2D eigenvalue weighted by Crippen LogP contribution is -2.36. The lowest BCUT2D eigenvalue weighted by atomic mass is 10.1. The van der Waals surface area contributed by atoms with Gasteiger partial charge in [-0.3, -0.25) is 9.69 Å². The van der Waals surface area contributed by atoms with Crippen LogP contribution in [0.1, 0.15) is 22.3 Å². The first-order chi connectivity index (χ1) is 11.8. The molecular formula is C18H19N5O. The quantitative estimate of drug-likeness (QED) is 0.770. The molecule has 1 atom stereocenters. The molecule has 1 saturated heterocycles. The standard InChI is InChI=1S/C18H19N5O/c24-18(14-6-7-16-17(10-14)21-22-20-16)19-15-8-9-23(12-15)11-13-4-2-1-3-5-13/h1-7,10,15H,8-9,11-12H2,(H,19,24)(H,20,21,22)/t15-/m1/s1. The second-order valence-corrected chi connectivity index (χ2v) is 6.21. The SMILES string of the molecule is O=C(N[C@@H]1CCN(Cc2ccccc2)C1)c1ccc2n[nH]nc2c1. The minimum absolute atomic E-state index is 0.0496. The Labute approximate surface area is 139 Å². The Kier molecular flexibility index (Phi) is 3.96. The van der Waals surface area contributed by atoms with Gasteiger partial charge in [0, 0.05) is 31.2 Å². The van der Waals surface area contributed by atoms with E-state index in [-0.39, 0.29) is 11.9 Å². The third kappa shape index (κ3) is 3.14. The minimum atomic E-state index is -0.0496. The van der Waals surface area contributed by atoms with Crippen LogP contribution in [0.3, 0.4) is 0 Å². The predicted octanol–water partition coefficient (Wildman–Crippen LogP) is 1.96. The van der Waals surface area contributed by atoms with Crippen molar-refractivity contribution in [3.8, 4) is 0 Å². The first kappa shape index (κ1) is 14.8. The molecule has 2 aromatic carbocycles. The van der Waals surface area contributed by atoms with Crippen molar-refractivity contribution in [3.63, 3.8) is 0 Å². The highest BCUT2D eigenvalue weighted by Crippen LogP contribution is 2.15. The minimum Gasteiger partial charge on any atom is -0.348 e. The number of benzene rings is 2. The molecule has 4 rings (SSSR count). The number of fused-ring (bicyclic) bond motifs is 1. The number of H-pyrrole nitrogens is 1. The molecule has 0 bridgehead atoms. The number of amides is 1. The van der Waals surface area contributed by atoms with E-state index in [9.17, 15) is 4.79 Å². The van der Waals surface area contributed by atoms with Gasteiger partial charge in [0.25, 0.3) is 5.91 Å². The van der Waals surface area contributed by atoms with E-state index in [4.69, 9.17) is 0 Å². The average Bonchev–Trinajstić information content (AvgIpc) is 3.24. The lowest BCUT2D eigenvalue weighted by Gasteiger charge is -2.16. The van der Waals surface area contributed by atoms with Crippen LogP contribution in [-0.4, -0.2) is 45.3 Å². The Hall–Kier alpha value is -2.73. The summed E-state index contributed by atoms with van der Waals surface area (Å²) in [5.41, 5.74) is 3.40. The summed E-state index contributed by atoms with van der Waals surface area (Å²) < 4.78 is 0. The van der Waals surface area contributed by atoms with Crippen LogP contribution in [0, 0.1) is 0 Å². The Balaban J connectivity index is 1.36. The molecule has 24 heavy (non-hydrogen) atoms. The number of rotatable bonds is 4. The van der Waals surface area contributed by atoms with Crippen molar-refractivity contribution in [2.45, 2.75) is 19.0 Å². The van der Waals surface area contributed by atoms with Gasteiger partial charge in [-0.05, 0) is 30.2 Å². The molecule has 1 amide bonds. The topological polar surface area (TPSA) is 73.9 Å². The van der Waals surface area contributed by atoms with Crippen molar-refractivity contribution >= 4 is 16.9 Å². The molecule has 1 aliphatic heterocycles. The summed E-state index contributed by atoms with van der Waals surface area (Å²) >= 11 is 0. The number of carbonyl (C=O) groups excluding carboxylic acids is 1. The van der Waals surface area contributed by atoms with E-state index in [1.54, 1.807) is 12.1 Å². The lowest BCUT2D eigenvalue weighted by molar-refractivity contribution is 0.0938. The van der Waals surface area contributed by atoms with Gasteiger partial charge in [0.15, 0.2) is 0 Å². The van der Waals surface area contributed by atoms with E-state index in [2.05, 4.69) is 49.9 Å². The number of nitrogens with zero attached hydrogens (tertiary/aromatic N) is 3. The van der Waals surface area contributed by atoms with Crippen LogP contribution in [0.25, 0.3) is 11.0 Å². The van der Waals surface area contributed by atoms with Crippen LogP contribution in [0.15, 0.2) is 48.5 Å². The van der Waals surface area contributed by atoms with Gasteiger partial charge >= 0.3 is 0 Å². The molecule has 3 aromatic rings. The number of hydrogen-bond acceptors (Lipinski definition) is 4. The van der Waals surface area contributed by atoms with E-state index >= 15 is 0 Å². The molecule has 6 heteroatoms. The summed E-state index contributed by atoms with van der Waals surface area (Å²) in [6, 6.07) is 16.0. The van der Waals surface area contributed by atoms with Crippen LogP contribution in [0.4, 0.5) is 0 Å². The van der Waals surface area contributed by atoms with Crippen molar-refractivity contribution in [1.29, 1.82) is 0 Å². The molecule has 0 radical (unpaired) electrons. The summed E-state index contributed by atoms with van der Waals surface area (Å²) in [4.78, 5) is 14.8. The van der Waals surface area contributed by atoms with Gasteiger partial charge in [-0.25, -0.2) is 0 Å². The molecule has 0 saturated carbocycles. The van der Waals surface area contributed by atoms with E-state index in [1.165, 1.54) is 5.56 Å². The van der Waals surface area contributed by atoms with Crippen LogP contribution in [0.5, 0.6) is 0 Å². The molecule has 0 unspecified atom stereocenters. The van der Waals surface area contributed by atoms with Crippen molar-refractivity contribution in [3.05, 3.63) is 59.7 Å². The normalized spacial score (nSPS) is 18.1. The fourth-order valence-corrected chi connectivity index (χ4v) is 3.19. The summed E-state index contributed by atoms with van der Waals surface area (Å²) in [6.07, 6.45) is 0.977. The molecule has 0 spiro atoms. The van der Waals surface area contributed by atoms with E-state index in [1.807, 2.05) is 12.1 Å². The third-order valence-electron chi connectivity index (χ3n) is 4.44. The van der Waals surface area contributed by atoms with Gasteiger partial charge in [-0.1, -0.05) is 30.3 Å². The average molecular weight is 321 g/mol. The van der Waals surface area contributed by atoms with E-state index in [0.717, 1.165) is 31.6 Å². The molecule has 2 N–H and O–H groups in total. The Morgan fingerprint density at radius 3 is 2.88 bits per heavy atom. The second-order valence-electron chi connectivity index (χ2n) is 6.21. The Morgan fingerprint density at radius 2 is 2.00 bits per heavy atom. The first-order valence-electron chi connectivity index (χ1n) is 8.15. The fraction of sp³-hybridized carbons (Fsp3) is 0.278. The van der Waals surface area contributed by atoms with Crippen LogP contribution in [0.2, 0.25) is 0 Å². The maximum Gasteiger partial charge on any atom is 0.251 e. The maximum atomic E-state index is 12.4. The predicted molar refractivity (Wildman–Crippen MR) is 91.5 cm³/mol. The van der Waals surface area contributed by atoms with E-state index < -0.39 is 0 Å².